The minimum Gasteiger partial charge on any atom is -0.288 e. The minimum absolute atomic E-state index is 0.0456. The standard InChI is InChI=1S/C11H4Br3ClOS/c12-7-2-1-5(15)3-6(7)10(16)9-4-8(13)11(14)17-9/h1-4H. The summed E-state index contributed by atoms with van der Waals surface area (Å²) in [6.07, 6.45) is 0. The lowest BCUT2D eigenvalue weighted by Gasteiger charge is -2.02. The molecule has 1 nitrogen and oxygen atoms in total. The van der Waals surface area contributed by atoms with Crippen molar-refractivity contribution in [3.8, 4) is 0 Å². The van der Waals surface area contributed by atoms with E-state index in [0.29, 0.717) is 15.5 Å². The van der Waals surface area contributed by atoms with Gasteiger partial charge in [-0.1, -0.05) is 27.5 Å². The molecule has 0 spiro atoms. The predicted molar refractivity (Wildman–Crippen MR) is 82.3 cm³/mol. The van der Waals surface area contributed by atoms with Crippen LogP contribution in [-0.4, -0.2) is 5.78 Å². The Labute approximate surface area is 133 Å². The first-order valence-corrected chi connectivity index (χ1v) is 8.01. The molecule has 0 fully saturated rings. The number of hydrogen-bond acceptors (Lipinski definition) is 2. The lowest BCUT2D eigenvalue weighted by Crippen LogP contribution is -1.99. The molecule has 0 unspecified atom stereocenters. The Kier molecular flexibility index (Phi) is 4.47. The number of ketones is 1. The molecule has 2 aromatic rings. The van der Waals surface area contributed by atoms with Crippen LogP contribution >= 0.6 is 70.7 Å². The second-order valence-corrected chi connectivity index (χ2v) is 7.70. The zero-order valence-corrected chi connectivity index (χ0v) is 14.5. The lowest BCUT2D eigenvalue weighted by atomic mass is 10.1. The van der Waals surface area contributed by atoms with Crippen molar-refractivity contribution in [3.63, 3.8) is 0 Å². The highest BCUT2D eigenvalue weighted by molar-refractivity contribution is 9.13. The summed E-state index contributed by atoms with van der Waals surface area (Å²) >= 11 is 17.4. The molecular formula is C11H4Br3ClOS. The molecule has 6 heteroatoms. The van der Waals surface area contributed by atoms with Gasteiger partial charge in [0.2, 0.25) is 5.78 Å². The van der Waals surface area contributed by atoms with Crippen molar-refractivity contribution in [2.24, 2.45) is 0 Å². The monoisotopic (exact) mass is 456 g/mol. The maximum Gasteiger partial charge on any atom is 0.204 e. The predicted octanol–water partition coefficient (Wildman–Crippen LogP) is 5.92. The van der Waals surface area contributed by atoms with Crippen LogP contribution < -0.4 is 0 Å². The summed E-state index contributed by atoms with van der Waals surface area (Å²) in [6.45, 7) is 0. The van der Waals surface area contributed by atoms with Crippen LogP contribution in [-0.2, 0) is 0 Å². The molecule has 0 atom stereocenters. The molecule has 1 heterocycles. The highest BCUT2D eigenvalue weighted by atomic mass is 79.9. The summed E-state index contributed by atoms with van der Waals surface area (Å²) in [5, 5.41) is 0.547. The molecule has 0 N–H and O–H groups in total. The molecule has 0 aliphatic carbocycles. The van der Waals surface area contributed by atoms with Gasteiger partial charge >= 0.3 is 0 Å². The van der Waals surface area contributed by atoms with Gasteiger partial charge in [0, 0.05) is 19.5 Å². The van der Waals surface area contributed by atoms with E-state index in [9.17, 15) is 4.79 Å². The van der Waals surface area contributed by atoms with E-state index in [1.54, 1.807) is 24.3 Å². The van der Waals surface area contributed by atoms with Crippen molar-refractivity contribution >= 4 is 76.5 Å². The van der Waals surface area contributed by atoms with Gasteiger partial charge in [0.05, 0.1) is 8.66 Å². The Morgan fingerprint density at radius 1 is 1.12 bits per heavy atom. The van der Waals surface area contributed by atoms with Gasteiger partial charge in [-0.05, 0) is 56.1 Å². The molecular weight excluding hydrogens is 455 g/mol. The number of halogens is 4. The van der Waals surface area contributed by atoms with E-state index in [1.807, 2.05) is 0 Å². The third-order valence-corrected chi connectivity index (χ3v) is 6.22. The number of carbonyl (C=O) groups is 1. The summed E-state index contributed by atoms with van der Waals surface area (Å²) in [4.78, 5) is 12.9. The molecule has 1 aromatic carbocycles. The van der Waals surface area contributed by atoms with E-state index in [0.717, 1.165) is 12.7 Å². The van der Waals surface area contributed by atoms with Crippen molar-refractivity contribution < 1.29 is 4.79 Å². The maximum absolute atomic E-state index is 12.3. The van der Waals surface area contributed by atoms with Crippen LogP contribution in [0.5, 0.6) is 0 Å². The van der Waals surface area contributed by atoms with Gasteiger partial charge in [-0.25, -0.2) is 0 Å². The largest absolute Gasteiger partial charge is 0.288 e. The van der Waals surface area contributed by atoms with Gasteiger partial charge in [-0.2, -0.15) is 0 Å². The van der Waals surface area contributed by atoms with Gasteiger partial charge in [0.25, 0.3) is 0 Å². The highest BCUT2D eigenvalue weighted by Crippen LogP contribution is 2.34. The number of rotatable bonds is 2. The average molecular weight is 459 g/mol. The van der Waals surface area contributed by atoms with E-state index in [-0.39, 0.29) is 5.78 Å². The molecule has 0 aliphatic heterocycles. The third-order valence-electron chi connectivity index (χ3n) is 2.04. The number of carbonyl (C=O) groups excluding carboxylic acids is 1. The molecule has 0 aliphatic rings. The van der Waals surface area contributed by atoms with E-state index in [2.05, 4.69) is 47.8 Å². The van der Waals surface area contributed by atoms with E-state index < -0.39 is 0 Å². The minimum atomic E-state index is -0.0456. The van der Waals surface area contributed by atoms with E-state index in [4.69, 9.17) is 11.6 Å². The Morgan fingerprint density at radius 3 is 2.41 bits per heavy atom. The number of hydrogen-bond donors (Lipinski definition) is 0. The second-order valence-electron chi connectivity index (χ2n) is 3.19. The topological polar surface area (TPSA) is 17.1 Å². The second kappa shape index (κ2) is 5.53. The molecule has 17 heavy (non-hydrogen) atoms. The summed E-state index contributed by atoms with van der Waals surface area (Å²) in [5.74, 6) is -0.0456. The van der Waals surface area contributed by atoms with Crippen LogP contribution in [0.1, 0.15) is 15.2 Å². The van der Waals surface area contributed by atoms with Crippen LogP contribution in [0.4, 0.5) is 0 Å². The molecule has 0 amide bonds. The van der Waals surface area contributed by atoms with Crippen molar-refractivity contribution in [1.82, 2.24) is 0 Å². The molecule has 0 radical (unpaired) electrons. The first kappa shape index (κ1) is 13.7. The molecule has 0 saturated heterocycles. The zero-order chi connectivity index (χ0) is 12.6. The summed E-state index contributed by atoms with van der Waals surface area (Å²) in [5.41, 5.74) is 0.568. The molecule has 0 bridgehead atoms. The van der Waals surface area contributed by atoms with Crippen molar-refractivity contribution in [2.45, 2.75) is 0 Å². The number of benzene rings is 1. The van der Waals surface area contributed by atoms with Gasteiger partial charge in [-0.3, -0.25) is 4.79 Å². The van der Waals surface area contributed by atoms with Gasteiger partial charge in [0.15, 0.2) is 0 Å². The fraction of sp³-hybridized carbons (Fsp3) is 0. The van der Waals surface area contributed by atoms with Gasteiger partial charge in [0.1, 0.15) is 0 Å². The number of thiophene rings is 1. The lowest BCUT2D eigenvalue weighted by molar-refractivity contribution is 0.104. The first-order chi connectivity index (χ1) is 7.99. The van der Waals surface area contributed by atoms with Crippen LogP contribution in [0.15, 0.2) is 37.0 Å². The van der Waals surface area contributed by atoms with Gasteiger partial charge < -0.3 is 0 Å². The molecule has 2 rings (SSSR count). The Morgan fingerprint density at radius 2 is 1.82 bits per heavy atom. The average Bonchev–Trinajstić information content (AvgIpc) is 2.62. The SMILES string of the molecule is O=C(c1cc(Br)c(Br)s1)c1cc(Cl)ccc1Br. The van der Waals surface area contributed by atoms with Crippen LogP contribution in [0.25, 0.3) is 0 Å². The Bertz CT molecular complexity index is 575. The Balaban J connectivity index is 2.47. The summed E-state index contributed by atoms with van der Waals surface area (Å²) < 4.78 is 2.52. The fourth-order valence-corrected chi connectivity index (χ4v) is 3.85. The molecule has 88 valence electrons. The highest BCUT2D eigenvalue weighted by Gasteiger charge is 2.16. The van der Waals surface area contributed by atoms with Crippen molar-refractivity contribution in [1.29, 1.82) is 0 Å². The molecule has 0 saturated carbocycles. The maximum atomic E-state index is 12.3. The van der Waals surface area contributed by atoms with Crippen molar-refractivity contribution in [3.05, 3.63) is 52.5 Å². The molecule has 1 aromatic heterocycles. The first-order valence-electron chi connectivity index (χ1n) is 4.43. The third kappa shape index (κ3) is 3.01. The zero-order valence-electron chi connectivity index (χ0n) is 8.14. The van der Waals surface area contributed by atoms with E-state index >= 15 is 0 Å². The van der Waals surface area contributed by atoms with Crippen molar-refractivity contribution in [2.75, 3.05) is 0 Å². The summed E-state index contributed by atoms with van der Waals surface area (Å²) in [6, 6.07) is 6.97. The van der Waals surface area contributed by atoms with Crippen LogP contribution in [0.3, 0.4) is 0 Å². The Hall–Kier alpha value is 0.320. The van der Waals surface area contributed by atoms with Gasteiger partial charge in [-0.15, -0.1) is 11.3 Å². The quantitative estimate of drug-likeness (QED) is 0.510. The normalized spacial score (nSPS) is 10.6. The van der Waals surface area contributed by atoms with Crippen LogP contribution in [0.2, 0.25) is 5.02 Å². The fourth-order valence-electron chi connectivity index (χ4n) is 1.26. The van der Waals surface area contributed by atoms with Crippen LogP contribution in [0, 0.1) is 0 Å². The smallest absolute Gasteiger partial charge is 0.204 e. The van der Waals surface area contributed by atoms with E-state index in [1.165, 1.54) is 11.3 Å². The summed E-state index contributed by atoms with van der Waals surface area (Å²) in [7, 11) is 0.